The summed E-state index contributed by atoms with van der Waals surface area (Å²) in [6, 6.07) is 1.64. The van der Waals surface area contributed by atoms with Gasteiger partial charge in [-0.25, -0.2) is 0 Å². The summed E-state index contributed by atoms with van der Waals surface area (Å²) in [5.41, 5.74) is 0.362. The van der Waals surface area contributed by atoms with Crippen LogP contribution in [0.3, 0.4) is 0 Å². The van der Waals surface area contributed by atoms with Crippen molar-refractivity contribution < 1.29 is 14.3 Å². The second kappa shape index (κ2) is 5.24. The third kappa shape index (κ3) is 2.67. The summed E-state index contributed by atoms with van der Waals surface area (Å²) in [7, 11) is 1.72. The predicted molar refractivity (Wildman–Crippen MR) is 71.3 cm³/mol. The number of carbonyl (C=O) groups excluding carboxylic acids is 2. The number of ether oxygens (including phenoxy) is 1. The molecule has 2 fully saturated rings. The molecule has 1 aliphatic heterocycles. The minimum Gasteiger partial charge on any atom is -0.378 e. The third-order valence-corrected chi connectivity index (χ3v) is 3.60. The largest absolute Gasteiger partial charge is 0.378 e. The average molecular weight is 278 g/mol. The van der Waals surface area contributed by atoms with E-state index >= 15 is 0 Å². The van der Waals surface area contributed by atoms with Gasteiger partial charge in [-0.1, -0.05) is 0 Å². The zero-order valence-corrected chi connectivity index (χ0v) is 11.5. The minimum atomic E-state index is -0.115. The van der Waals surface area contributed by atoms with E-state index in [1.54, 1.807) is 18.0 Å². The van der Waals surface area contributed by atoms with Gasteiger partial charge < -0.3 is 15.0 Å². The van der Waals surface area contributed by atoms with Crippen molar-refractivity contribution in [2.75, 3.05) is 31.6 Å². The van der Waals surface area contributed by atoms with Crippen LogP contribution < -0.4 is 5.32 Å². The number of carbonyl (C=O) groups is 2. The van der Waals surface area contributed by atoms with Crippen LogP contribution in [0.4, 0.5) is 5.82 Å². The van der Waals surface area contributed by atoms with Gasteiger partial charge in [0.1, 0.15) is 5.82 Å². The summed E-state index contributed by atoms with van der Waals surface area (Å²) in [6.45, 7) is 2.28. The lowest BCUT2D eigenvalue weighted by Gasteiger charge is -2.25. The molecule has 1 aliphatic carbocycles. The molecule has 2 aliphatic rings. The van der Waals surface area contributed by atoms with Gasteiger partial charge in [0.25, 0.3) is 5.91 Å². The predicted octanol–water partition coefficient (Wildman–Crippen LogP) is 0.241. The summed E-state index contributed by atoms with van der Waals surface area (Å²) in [5, 5.41) is 7.00. The summed E-state index contributed by atoms with van der Waals surface area (Å²) in [4.78, 5) is 25.7. The van der Waals surface area contributed by atoms with E-state index in [0.717, 1.165) is 12.8 Å². The number of amides is 2. The molecule has 0 radical (unpaired) electrons. The minimum absolute atomic E-state index is 0.0124. The van der Waals surface area contributed by atoms with Crippen LogP contribution in [0, 0.1) is 5.92 Å². The number of nitrogens with one attached hydrogen (secondary N) is 1. The molecule has 0 unspecified atom stereocenters. The Bertz CT molecular complexity index is 530. The highest BCUT2D eigenvalue weighted by atomic mass is 16.5. The SMILES string of the molecule is Cn1nc(C(=O)N2CCOCC2)cc1NC(=O)C1CC1. The van der Waals surface area contributed by atoms with Crippen LogP contribution in [0.5, 0.6) is 0 Å². The Hall–Kier alpha value is -1.89. The number of hydrogen-bond acceptors (Lipinski definition) is 4. The Morgan fingerprint density at radius 2 is 2.05 bits per heavy atom. The maximum atomic E-state index is 12.3. The van der Waals surface area contributed by atoms with Crippen molar-refractivity contribution in [3.63, 3.8) is 0 Å². The first-order chi connectivity index (χ1) is 9.65. The fourth-order valence-corrected chi connectivity index (χ4v) is 2.19. The van der Waals surface area contributed by atoms with Crippen LogP contribution in [-0.2, 0) is 16.6 Å². The molecular formula is C13H18N4O3. The van der Waals surface area contributed by atoms with Crippen molar-refractivity contribution in [2.24, 2.45) is 13.0 Å². The van der Waals surface area contributed by atoms with Gasteiger partial charge in [-0.3, -0.25) is 14.3 Å². The van der Waals surface area contributed by atoms with E-state index in [0.29, 0.717) is 37.8 Å². The number of aromatic nitrogens is 2. The molecule has 0 aromatic carbocycles. The molecule has 1 aromatic heterocycles. The van der Waals surface area contributed by atoms with Crippen LogP contribution in [-0.4, -0.2) is 52.8 Å². The van der Waals surface area contributed by atoms with E-state index in [-0.39, 0.29) is 17.7 Å². The lowest BCUT2D eigenvalue weighted by molar-refractivity contribution is -0.117. The van der Waals surface area contributed by atoms with Gasteiger partial charge in [-0.15, -0.1) is 0 Å². The highest BCUT2D eigenvalue weighted by molar-refractivity contribution is 5.96. The van der Waals surface area contributed by atoms with Gasteiger partial charge in [0, 0.05) is 32.1 Å². The number of rotatable bonds is 3. The lowest BCUT2D eigenvalue weighted by atomic mass is 10.3. The van der Waals surface area contributed by atoms with E-state index in [1.807, 2.05) is 0 Å². The second-order valence-corrected chi connectivity index (χ2v) is 5.21. The molecular weight excluding hydrogens is 260 g/mol. The Labute approximate surface area is 116 Å². The standard InChI is InChI=1S/C13H18N4O3/c1-16-11(14-12(18)9-2-3-9)8-10(15-16)13(19)17-4-6-20-7-5-17/h8-9H,2-7H2,1H3,(H,14,18). The van der Waals surface area contributed by atoms with E-state index in [2.05, 4.69) is 10.4 Å². The fourth-order valence-electron chi connectivity index (χ4n) is 2.19. The topological polar surface area (TPSA) is 76.5 Å². The van der Waals surface area contributed by atoms with E-state index < -0.39 is 0 Å². The molecule has 0 spiro atoms. The highest BCUT2D eigenvalue weighted by Crippen LogP contribution is 2.30. The Balaban J connectivity index is 1.70. The van der Waals surface area contributed by atoms with Crippen molar-refractivity contribution in [1.29, 1.82) is 0 Å². The molecule has 1 aromatic rings. The molecule has 108 valence electrons. The normalized spacial score (nSPS) is 18.9. The molecule has 1 saturated carbocycles. The Morgan fingerprint density at radius 1 is 1.35 bits per heavy atom. The molecule has 20 heavy (non-hydrogen) atoms. The monoisotopic (exact) mass is 278 g/mol. The Kier molecular flexibility index (Phi) is 3.43. The maximum absolute atomic E-state index is 12.3. The summed E-state index contributed by atoms with van der Waals surface area (Å²) < 4.78 is 6.76. The van der Waals surface area contributed by atoms with Crippen molar-refractivity contribution in [3.05, 3.63) is 11.8 Å². The van der Waals surface area contributed by atoms with Crippen LogP contribution in [0.15, 0.2) is 6.07 Å². The number of aryl methyl sites for hydroxylation is 1. The maximum Gasteiger partial charge on any atom is 0.274 e. The fraction of sp³-hybridized carbons (Fsp3) is 0.615. The molecule has 1 saturated heterocycles. The van der Waals surface area contributed by atoms with Gasteiger partial charge in [-0.2, -0.15) is 5.10 Å². The van der Waals surface area contributed by atoms with Crippen molar-refractivity contribution in [1.82, 2.24) is 14.7 Å². The quantitative estimate of drug-likeness (QED) is 0.859. The summed E-state index contributed by atoms with van der Waals surface area (Å²) in [6.07, 6.45) is 1.90. The smallest absolute Gasteiger partial charge is 0.274 e. The average Bonchev–Trinajstić information content (AvgIpc) is 3.25. The van der Waals surface area contributed by atoms with E-state index in [1.165, 1.54) is 4.68 Å². The Morgan fingerprint density at radius 3 is 2.70 bits per heavy atom. The molecule has 3 rings (SSSR count). The molecule has 2 amide bonds. The first kappa shape index (κ1) is 13.1. The van der Waals surface area contributed by atoms with Crippen molar-refractivity contribution in [2.45, 2.75) is 12.8 Å². The zero-order valence-electron chi connectivity index (χ0n) is 11.5. The summed E-state index contributed by atoms with van der Waals surface area (Å²) in [5.74, 6) is 0.594. The first-order valence-electron chi connectivity index (χ1n) is 6.87. The lowest BCUT2D eigenvalue weighted by Crippen LogP contribution is -2.40. The van der Waals surface area contributed by atoms with Gasteiger partial charge in [-0.05, 0) is 12.8 Å². The highest BCUT2D eigenvalue weighted by Gasteiger charge is 2.30. The van der Waals surface area contributed by atoms with E-state index in [9.17, 15) is 9.59 Å². The van der Waals surface area contributed by atoms with Crippen molar-refractivity contribution >= 4 is 17.6 Å². The molecule has 1 N–H and O–H groups in total. The second-order valence-electron chi connectivity index (χ2n) is 5.21. The van der Waals surface area contributed by atoms with Crippen LogP contribution in [0.25, 0.3) is 0 Å². The van der Waals surface area contributed by atoms with Crippen LogP contribution >= 0.6 is 0 Å². The molecule has 7 nitrogen and oxygen atoms in total. The molecule has 0 atom stereocenters. The number of hydrogen-bond donors (Lipinski definition) is 1. The first-order valence-corrected chi connectivity index (χ1v) is 6.87. The molecule has 7 heteroatoms. The van der Waals surface area contributed by atoms with E-state index in [4.69, 9.17) is 4.74 Å². The third-order valence-electron chi connectivity index (χ3n) is 3.60. The van der Waals surface area contributed by atoms with Crippen LogP contribution in [0.1, 0.15) is 23.3 Å². The molecule has 2 heterocycles. The number of morpholine rings is 1. The van der Waals surface area contributed by atoms with Gasteiger partial charge in [0.2, 0.25) is 5.91 Å². The van der Waals surface area contributed by atoms with Gasteiger partial charge >= 0.3 is 0 Å². The number of anilines is 1. The summed E-state index contributed by atoms with van der Waals surface area (Å²) >= 11 is 0. The van der Waals surface area contributed by atoms with Gasteiger partial charge in [0.15, 0.2) is 5.69 Å². The van der Waals surface area contributed by atoms with Crippen molar-refractivity contribution in [3.8, 4) is 0 Å². The van der Waals surface area contributed by atoms with Crippen LogP contribution in [0.2, 0.25) is 0 Å². The number of nitrogens with zero attached hydrogens (tertiary/aromatic N) is 3. The molecule has 0 bridgehead atoms. The van der Waals surface area contributed by atoms with Gasteiger partial charge in [0.05, 0.1) is 13.2 Å². The zero-order chi connectivity index (χ0) is 14.1.